The average molecular weight is 348 g/mol. The van der Waals surface area contributed by atoms with Crippen LogP contribution in [-0.2, 0) is 9.59 Å². The van der Waals surface area contributed by atoms with Gasteiger partial charge >= 0.3 is 0 Å². The molecule has 0 aromatic heterocycles. The number of Topliss-reactive ketones (excluding diaryl/α,β-unsaturated/α-hetero) is 2. The zero-order valence-electron chi connectivity index (χ0n) is 12.6. The van der Waals surface area contributed by atoms with Crippen molar-refractivity contribution in [3.8, 4) is 0 Å². The summed E-state index contributed by atoms with van der Waals surface area (Å²) in [5.41, 5.74) is 3.89. The summed E-state index contributed by atoms with van der Waals surface area (Å²) in [5.74, 6) is -0.341. The zero-order valence-corrected chi connectivity index (χ0v) is 14.2. The molecule has 1 aromatic carbocycles. The predicted molar refractivity (Wildman–Crippen MR) is 86.8 cm³/mol. The maximum atomic E-state index is 12.1. The van der Waals surface area contributed by atoms with Gasteiger partial charge in [-0.3, -0.25) is 9.59 Å². The highest BCUT2D eigenvalue weighted by Crippen LogP contribution is 2.39. The van der Waals surface area contributed by atoms with Gasteiger partial charge in [0.1, 0.15) is 0 Å². The number of dihydropyridines is 1. The largest absolute Gasteiger partial charge is 0.362 e. The Morgan fingerprint density at radius 2 is 1.57 bits per heavy atom. The number of nitrogens with one attached hydrogen (secondary N) is 1. The molecule has 0 unspecified atom stereocenters. The number of ketones is 2. The first kappa shape index (κ1) is 15.7. The molecule has 0 saturated carbocycles. The first-order chi connectivity index (χ1) is 9.82. The minimum absolute atomic E-state index is 0.0174. The minimum Gasteiger partial charge on any atom is -0.362 e. The molecule has 0 fully saturated rings. The van der Waals surface area contributed by atoms with Gasteiger partial charge in [0.25, 0.3) is 0 Å². The molecule has 1 aromatic rings. The molecule has 0 saturated heterocycles. The van der Waals surface area contributed by atoms with Crippen LogP contribution in [0.25, 0.3) is 0 Å². The summed E-state index contributed by atoms with van der Waals surface area (Å²) < 4.78 is 0.930. The Hall–Kier alpha value is -1.68. The summed E-state index contributed by atoms with van der Waals surface area (Å²) in [6.45, 7) is 6.85. The third kappa shape index (κ3) is 3.00. The van der Waals surface area contributed by atoms with Gasteiger partial charge in [0.2, 0.25) is 0 Å². The molecular formula is C17H18BrNO2. The molecule has 0 spiro atoms. The van der Waals surface area contributed by atoms with Crippen LogP contribution in [0.3, 0.4) is 0 Å². The van der Waals surface area contributed by atoms with Crippen LogP contribution < -0.4 is 5.32 Å². The van der Waals surface area contributed by atoms with Crippen LogP contribution in [0.1, 0.15) is 39.2 Å². The van der Waals surface area contributed by atoms with Gasteiger partial charge in [-0.1, -0.05) is 28.1 Å². The fourth-order valence-corrected chi connectivity index (χ4v) is 3.36. The van der Waals surface area contributed by atoms with Crippen molar-refractivity contribution in [3.63, 3.8) is 0 Å². The van der Waals surface area contributed by atoms with E-state index in [2.05, 4.69) is 21.2 Å². The second-order valence-electron chi connectivity index (χ2n) is 5.30. The monoisotopic (exact) mass is 347 g/mol. The molecule has 0 aliphatic carbocycles. The van der Waals surface area contributed by atoms with E-state index in [0.29, 0.717) is 11.1 Å². The summed E-state index contributed by atoms with van der Waals surface area (Å²) in [6.07, 6.45) is 0. The lowest BCUT2D eigenvalue weighted by molar-refractivity contribution is -0.114. The van der Waals surface area contributed by atoms with E-state index in [1.807, 2.05) is 38.1 Å². The number of halogens is 1. The van der Waals surface area contributed by atoms with Crippen molar-refractivity contribution in [1.29, 1.82) is 0 Å². The van der Waals surface area contributed by atoms with Gasteiger partial charge in [-0.05, 0) is 45.4 Å². The van der Waals surface area contributed by atoms with E-state index in [9.17, 15) is 9.59 Å². The maximum absolute atomic E-state index is 12.1. The quantitative estimate of drug-likeness (QED) is 0.902. The maximum Gasteiger partial charge on any atom is 0.158 e. The van der Waals surface area contributed by atoms with Crippen LogP contribution in [0, 0.1) is 0 Å². The molecule has 21 heavy (non-hydrogen) atoms. The van der Waals surface area contributed by atoms with Crippen molar-refractivity contribution < 1.29 is 9.59 Å². The van der Waals surface area contributed by atoms with Crippen LogP contribution in [0.5, 0.6) is 0 Å². The van der Waals surface area contributed by atoms with E-state index in [1.165, 1.54) is 0 Å². The fourth-order valence-electron chi connectivity index (χ4n) is 2.95. The normalized spacial score (nSPS) is 16.0. The van der Waals surface area contributed by atoms with Gasteiger partial charge in [0.15, 0.2) is 11.6 Å². The topological polar surface area (TPSA) is 46.2 Å². The van der Waals surface area contributed by atoms with E-state index in [-0.39, 0.29) is 17.5 Å². The van der Waals surface area contributed by atoms with E-state index in [0.717, 1.165) is 21.4 Å². The van der Waals surface area contributed by atoms with Gasteiger partial charge in [-0.2, -0.15) is 0 Å². The van der Waals surface area contributed by atoms with Crippen molar-refractivity contribution in [2.45, 2.75) is 33.6 Å². The van der Waals surface area contributed by atoms with E-state index in [4.69, 9.17) is 0 Å². The van der Waals surface area contributed by atoms with Crippen molar-refractivity contribution in [3.05, 3.63) is 56.8 Å². The van der Waals surface area contributed by atoms with E-state index in [1.54, 1.807) is 13.8 Å². The van der Waals surface area contributed by atoms with E-state index < -0.39 is 0 Å². The Morgan fingerprint density at radius 1 is 1.05 bits per heavy atom. The molecule has 0 amide bonds. The molecule has 110 valence electrons. The van der Waals surface area contributed by atoms with Crippen LogP contribution >= 0.6 is 15.9 Å². The molecule has 3 nitrogen and oxygen atoms in total. The van der Waals surface area contributed by atoms with Crippen LogP contribution in [0.2, 0.25) is 0 Å². The van der Waals surface area contributed by atoms with Gasteiger partial charge in [-0.15, -0.1) is 0 Å². The molecule has 0 bridgehead atoms. The third-order valence-electron chi connectivity index (χ3n) is 3.70. The Labute approximate surface area is 133 Å². The Kier molecular flexibility index (Phi) is 4.47. The molecular weight excluding hydrogens is 330 g/mol. The van der Waals surface area contributed by atoms with Gasteiger partial charge in [0.05, 0.1) is 0 Å². The highest BCUT2D eigenvalue weighted by atomic mass is 79.9. The smallest absolute Gasteiger partial charge is 0.158 e. The number of hydrogen-bond donors (Lipinski definition) is 1. The molecule has 1 aliphatic rings. The highest BCUT2D eigenvalue weighted by Gasteiger charge is 2.33. The van der Waals surface area contributed by atoms with Gasteiger partial charge in [0, 0.05) is 32.9 Å². The number of rotatable bonds is 3. The lowest BCUT2D eigenvalue weighted by Gasteiger charge is -2.30. The highest BCUT2D eigenvalue weighted by molar-refractivity contribution is 9.10. The Balaban J connectivity index is 2.70. The van der Waals surface area contributed by atoms with Crippen molar-refractivity contribution in [1.82, 2.24) is 5.32 Å². The lowest BCUT2D eigenvalue weighted by atomic mass is 9.78. The fraction of sp³-hybridized carbons (Fsp3) is 0.294. The average Bonchev–Trinajstić information content (AvgIpc) is 2.36. The van der Waals surface area contributed by atoms with Crippen molar-refractivity contribution in [2.75, 3.05) is 0 Å². The summed E-state index contributed by atoms with van der Waals surface area (Å²) in [5, 5.41) is 3.16. The van der Waals surface area contributed by atoms with Crippen molar-refractivity contribution >= 4 is 27.5 Å². The molecule has 4 heteroatoms. The lowest BCUT2D eigenvalue weighted by Crippen LogP contribution is -2.29. The van der Waals surface area contributed by atoms with Crippen LogP contribution in [0.4, 0.5) is 0 Å². The summed E-state index contributed by atoms with van der Waals surface area (Å²) in [4.78, 5) is 24.2. The van der Waals surface area contributed by atoms with Gasteiger partial charge < -0.3 is 5.32 Å². The number of carbonyl (C=O) groups excluding carboxylic acids is 2. The number of hydrogen-bond acceptors (Lipinski definition) is 3. The molecule has 1 heterocycles. The number of carbonyl (C=O) groups is 2. The molecule has 2 rings (SSSR count). The first-order valence-corrected chi connectivity index (χ1v) is 7.58. The summed E-state index contributed by atoms with van der Waals surface area (Å²) in [7, 11) is 0. The molecule has 1 aliphatic heterocycles. The zero-order chi connectivity index (χ0) is 15.7. The van der Waals surface area contributed by atoms with Crippen LogP contribution in [-0.4, -0.2) is 11.6 Å². The second-order valence-corrected chi connectivity index (χ2v) is 6.22. The summed E-state index contributed by atoms with van der Waals surface area (Å²) >= 11 is 3.46. The number of benzene rings is 1. The van der Waals surface area contributed by atoms with Crippen LogP contribution in [0.15, 0.2) is 51.3 Å². The predicted octanol–water partition coefficient (Wildman–Crippen LogP) is 3.86. The van der Waals surface area contributed by atoms with Gasteiger partial charge in [-0.25, -0.2) is 0 Å². The minimum atomic E-state index is -0.307. The summed E-state index contributed by atoms with van der Waals surface area (Å²) in [6, 6.07) is 7.76. The second kappa shape index (κ2) is 5.98. The standard InChI is InChI=1S/C17H18BrNO2/c1-9-15(11(3)20)17(13-6-5-7-14(18)8-13)16(12(4)21)10(2)19-9/h5-8,17,19H,1-4H3. The number of allylic oxidation sites excluding steroid dienone is 4. The molecule has 1 N–H and O–H groups in total. The van der Waals surface area contributed by atoms with E-state index >= 15 is 0 Å². The molecule has 0 radical (unpaired) electrons. The molecule has 0 atom stereocenters. The SMILES string of the molecule is CC(=O)C1=C(C)NC(C)=C(C(C)=O)C1c1cccc(Br)c1. The Morgan fingerprint density at radius 3 is 2.00 bits per heavy atom. The van der Waals surface area contributed by atoms with Crippen molar-refractivity contribution in [2.24, 2.45) is 0 Å². The Bertz CT molecular complexity index is 650. The first-order valence-electron chi connectivity index (χ1n) is 6.78. The third-order valence-corrected chi connectivity index (χ3v) is 4.19.